The molecule has 2 rings (SSSR count). The molecule has 1 aliphatic heterocycles. The molecule has 2 nitrogen and oxygen atoms in total. The van der Waals surface area contributed by atoms with Crippen molar-refractivity contribution in [3.8, 4) is 0 Å². The van der Waals surface area contributed by atoms with E-state index in [2.05, 4.69) is 17.6 Å². The lowest BCUT2D eigenvalue weighted by molar-refractivity contribution is 0.368. The third-order valence-corrected chi connectivity index (χ3v) is 4.30. The van der Waals surface area contributed by atoms with Crippen molar-refractivity contribution in [1.82, 2.24) is 10.6 Å². The monoisotopic (exact) mass is 224 g/mol. The molecule has 0 radical (unpaired) electrons. The van der Waals surface area contributed by atoms with Crippen molar-refractivity contribution in [2.24, 2.45) is 5.92 Å². The quantitative estimate of drug-likeness (QED) is 0.705. The molecule has 0 spiro atoms. The Bertz CT molecular complexity index is 185. The highest BCUT2D eigenvalue weighted by molar-refractivity contribution is 4.80. The molecular weight excluding hydrogens is 196 g/mol. The van der Waals surface area contributed by atoms with Crippen LogP contribution in [0.4, 0.5) is 0 Å². The smallest absolute Gasteiger partial charge is 0.00822 e. The molecule has 0 aromatic carbocycles. The van der Waals surface area contributed by atoms with Gasteiger partial charge in [-0.25, -0.2) is 0 Å². The molecule has 2 fully saturated rings. The summed E-state index contributed by atoms with van der Waals surface area (Å²) in [4.78, 5) is 0. The molecule has 2 N–H and O–H groups in total. The predicted octanol–water partition coefficient (Wildman–Crippen LogP) is 2.69. The van der Waals surface area contributed by atoms with Crippen LogP contribution in [0.1, 0.15) is 58.3 Å². The van der Waals surface area contributed by atoms with Gasteiger partial charge in [0.1, 0.15) is 0 Å². The minimum absolute atomic E-state index is 0.786. The van der Waals surface area contributed by atoms with E-state index in [0.717, 1.165) is 18.0 Å². The maximum Gasteiger partial charge on any atom is 0.00822 e. The number of hydrogen-bond acceptors (Lipinski definition) is 2. The van der Waals surface area contributed by atoms with E-state index in [4.69, 9.17) is 0 Å². The molecule has 94 valence electrons. The van der Waals surface area contributed by atoms with Crippen LogP contribution >= 0.6 is 0 Å². The first-order valence-corrected chi connectivity index (χ1v) is 7.31. The second-order valence-corrected chi connectivity index (χ2v) is 5.85. The van der Waals surface area contributed by atoms with Gasteiger partial charge in [0.05, 0.1) is 0 Å². The predicted molar refractivity (Wildman–Crippen MR) is 69.7 cm³/mol. The maximum absolute atomic E-state index is 3.92. The summed E-state index contributed by atoms with van der Waals surface area (Å²) >= 11 is 0. The van der Waals surface area contributed by atoms with Gasteiger partial charge >= 0.3 is 0 Å². The third-order valence-electron chi connectivity index (χ3n) is 4.30. The third kappa shape index (κ3) is 4.06. The average Bonchev–Trinajstić information content (AvgIpc) is 2.63. The van der Waals surface area contributed by atoms with E-state index < -0.39 is 0 Å². The van der Waals surface area contributed by atoms with E-state index >= 15 is 0 Å². The average molecular weight is 224 g/mol. The van der Waals surface area contributed by atoms with Gasteiger partial charge in [-0.1, -0.05) is 19.8 Å². The largest absolute Gasteiger partial charge is 0.317 e. The molecule has 1 aliphatic carbocycles. The molecule has 0 amide bonds. The molecular formula is C14H28N2. The summed E-state index contributed by atoms with van der Waals surface area (Å²) in [5, 5.41) is 7.41. The van der Waals surface area contributed by atoms with Crippen molar-refractivity contribution in [2.45, 2.75) is 70.4 Å². The van der Waals surface area contributed by atoms with Gasteiger partial charge in [-0.2, -0.15) is 0 Å². The Labute approximate surface area is 101 Å². The van der Waals surface area contributed by atoms with Crippen LogP contribution in [-0.4, -0.2) is 25.2 Å². The van der Waals surface area contributed by atoms with E-state index in [1.54, 1.807) is 0 Å². The zero-order valence-corrected chi connectivity index (χ0v) is 10.8. The highest BCUT2D eigenvalue weighted by atomic mass is 15.0. The Morgan fingerprint density at radius 3 is 2.56 bits per heavy atom. The fourth-order valence-electron chi connectivity index (χ4n) is 3.17. The van der Waals surface area contributed by atoms with Crippen molar-refractivity contribution in [2.75, 3.05) is 13.1 Å². The van der Waals surface area contributed by atoms with Gasteiger partial charge in [-0.05, 0) is 57.5 Å². The summed E-state index contributed by atoms with van der Waals surface area (Å²) in [6.45, 7) is 4.85. The molecule has 0 aromatic rings. The van der Waals surface area contributed by atoms with E-state index in [9.17, 15) is 0 Å². The van der Waals surface area contributed by atoms with Crippen molar-refractivity contribution in [1.29, 1.82) is 0 Å². The Morgan fingerprint density at radius 2 is 1.62 bits per heavy atom. The topological polar surface area (TPSA) is 24.1 Å². The Morgan fingerprint density at radius 1 is 0.812 bits per heavy atom. The highest BCUT2D eigenvalue weighted by Gasteiger charge is 2.19. The van der Waals surface area contributed by atoms with Gasteiger partial charge in [0, 0.05) is 12.1 Å². The summed E-state index contributed by atoms with van der Waals surface area (Å²) in [5.41, 5.74) is 0. The van der Waals surface area contributed by atoms with Crippen LogP contribution in [0, 0.1) is 5.92 Å². The summed E-state index contributed by atoms with van der Waals surface area (Å²) in [6.07, 6.45) is 11.2. The normalized spacial score (nSPS) is 37.7. The first kappa shape index (κ1) is 12.4. The number of rotatable bonds is 2. The van der Waals surface area contributed by atoms with Crippen LogP contribution in [-0.2, 0) is 0 Å². The van der Waals surface area contributed by atoms with Gasteiger partial charge in [0.15, 0.2) is 0 Å². The number of nitrogens with one attached hydrogen (secondary N) is 2. The van der Waals surface area contributed by atoms with Gasteiger partial charge in [-0.3, -0.25) is 0 Å². The molecule has 1 heterocycles. The van der Waals surface area contributed by atoms with Crippen molar-refractivity contribution >= 4 is 0 Å². The van der Waals surface area contributed by atoms with Gasteiger partial charge in [0.25, 0.3) is 0 Å². The molecule has 2 heteroatoms. The first-order chi connectivity index (χ1) is 7.84. The Kier molecular flexibility index (Phi) is 5.11. The Hall–Kier alpha value is -0.0800. The summed E-state index contributed by atoms with van der Waals surface area (Å²) in [6, 6.07) is 1.60. The fourth-order valence-corrected chi connectivity index (χ4v) is 3.17. The van der Waals surface area contributed by atoms with Gasteiger partial charge < -0.3 is 10.6 Å². The SMILES string of the molecule is CC1CCCC(NC2CCCNCC2)CC1. The molecule has 3 atom stereocenters. The second kappa shape index (κ2) is 6.61. The van der Waals surface area contributed by atoms with E-state index in [-0.39, 0.29) is 0 Å². The summed E-state index contributed by atoms with van der Waals surface area (Å²) < 4.78 is 0. The molecule has 1 saturated carbocycles. The molecule has 0 aromatic heterocycles. The Balaban J connectivity index is 1.74. The molecule has 16 heavy (non-hydrogen) atoms. The van der Waals surface area contributed by atoms with Crippen molar-refractivity contribution in [3.63, 3.8) is 0 Å². The molecule has 0 bridgehead atoms. The highest BCUT2D eigenvalue weighted by Crippen LogP contribution is 2.23. The fraction of sp³-hybridized carbons (Fsp3) is 1.00. The van der Waals surface area contributed by atoms with E-state index in [1.807, 2.05) is 0 Å². The van der Waals surface area contributed by atoms with E-state index in [1.165, 1.54) is 64.5 Å². The zero-order valence-electron chi connectivity index (χ0n) is 10.8. The van der Waals surface area contributed by atoms with Crippen LogP contribution in [0.5, 0.6) is 0 Å². The summed E-state index contributed by atoms with van der Waals surface area (Å²) in [7, 11) is 0. The minimum atomic E-state index is 0.786. The van der Waals surface area contributed by atoms with Gasteiger partial charge in [-0.15, -0.1) is 0 Å². The second-order valence-electron chi connectivity index (χ2n) is 5.85. The van der Waals surface area contributed by atoms with Crippen LogP contribution < -0.4 is 10.6 Å². The van der Waals surface area contributed by atoms with E-state index in [0.29, 0.717) is 0 Å². The lowest BCUT2D eigenvalue weighted by atomic mass is 10.0. The lowest BCUT2D eigenvalue weighted by Gasteiger charge is -2.23. The molecule has 2 aliphatic rings. The van der Waals surface area contributed by atoms with Crippen LogP contribution in [0.15, 0.2) is 0 Å². The minimum Gasteiger partial charge on any atom is -0.317 e. The molecule has 1 saturated heterocycles. The van der Waals surface area contributed by atoms with Gasteiger partial charge in [0.2, 0.25) is 0 Å². The lowest BCUT2D eigenvalue weighted by Crippen LogP contribution is -2.38. The van der Waals surface area contributed by atoms with Crippen LogP contribution in [0.3, 0.4) is 0 Å². The first-order valence-electron chi connectivity index (χ1n) is 7.31. The van der Waals surface area contributed by atoms with Crippen molar-refractivity contribution in [3.05, 3.63) is 0 Å². The van der Waals surface area contributed by atoms with Crippen LogP contribution in [0.2, 0.25) is 0 Å². The van der Waals surface area contributed by atoms with Crippen LogP contribution in [0.25, 0.3) is 0 Å². The summed E-state index contributed by atoms with van der Waals surface area (Å²) in [5.74, 6) is 0.961. The zero-order chi connectivity index (χ0) is 11.2. The standard InChI is InChI=1S/C14H28N2/c1-12-4-2-5-13(8-7-12)16-14-6-3-10-15-11-9-14/h12-16H,2-11H2,1H3. The maximum atomic E-state index is 3.92. The van der Waals surface area contributed by atoms with Crippen molar-refractivity contribution < 1.29 is 0 Å². The number of hydrogen-bond donors (Lipinski definition) is 2. The molecule has 3 unspecified atom stereocenters.